The summed E-state index contributed by atoms with van der Waals surface area (Å²) in [6, 6.07) is 9.16. The molecule has 1 aromatic heterocycles. The van der Waals surface area contributed by atoms with Crippen molar-refractivity contribution in [1.29, 1.82) is 0 Å². The highest BCUT2D eigenvalue weighted by molar-refractivity contribution is 5.86. The largest absolute Gasteiger partial charge is 0.335 e. The van der Waals surface area contributed by atoms with Gasteiger partial charge in [-0.3, -0.25) is 0 Å². The minimum atomic E-state index is 0.239. The number of fused-ring (bicyclic) bond motifs is 3. The van der Waals surface area contributed by atoms with Crippen LogP contribution in [0.3, 0.4) is 0 Å². The molecule has 3 atom stereocenters. The number of allylic oxidation sites excluding steroid dienone is 1. The molecule has 2 aromatic rings. The predicted molar refractivity (Wildman–Crippen MR) is 95.5 cm³/mol. The summed E-state index contributed by atoms with van der Waals surface area (Å²) in [5, 5.41) is 4.97. The highest BCUT2D eigenvalue weighted by Crippen LogP contribution is 2.37. The Kier molecular flexibility index (Phi) is 4.04. The second-order valence-corrected chi connectivity index (χ2v) is 5.92. The minimum Gasteiger partial charge on any atom is -0.335 e. The van der Waals surface area contributed by atoms with Crippen molar-refractivity contribution in [2.45, 2.75) is 31.8 Å². The lowest BCUT2D eigenvalue weighted by Gasteiger charge is -2.21. The van der Waals surface area contributed by atoms with E-state index in [1.54, 1.807) is 0 Å². The first-order valence-electron chi connectivity index (χ1n) is 7.93. The van der Waals surface area contributed by atoms with Gasteiger partial charge >= 0.3 is 0 Å². The SMILES string of the molecule is C=CC1NCC(C=C)n2c(c(C)c3ccccc32)C1/C=C\C. The molecule has 1 aliphatic heterocycles. The summed E-state index contributed by atoms with van der Waals surface area (Å²) in [6.45, 7) is 13.3. The Morgan fingerprint density at radius 1 is 1.23 bits per heavy atom. The second-order valence-electron chi connectivity index (χ2n) is 5.92. The van der Waals surface area contributed by atoms with Crippen LogP contribution in [0.5, 0.6) is 0 Å². The Morgan fingerprint density at radius 2 is 2.00 bits per heavy atom. The van der Waals surface area contributed by atoms with Gasteiger partial charge in [0.1, 0.15) is 0 Å². The van der Waals surface area contributed by atoms with Gasteiger partial charge in [-0.25, -0.2) is 0 Å². The average Bonchev–Trinajstić information content (AvgIpc) is 2.74. The quantitative estimate of drug-likeness (QED) is 0.825. The average molecular weight is 292 g/mol. The molecular weight excluding hydrogens is 268 g/mol. The minimum absolute atomic E-state index is 0.239. The molecule has 0 spiro atoms. The number of rotatable bonds is 3. The highest BCUT2D eigenvalue weighted by Gasteiger charge is 2.30. The molecule has 1 aliphatic rings. The lowest BCUT2D eigenvalue weighted by Crippen LogP contribution is -2.32. The first-order valence-corrected chi connectivity index (χ1v) is 7.93. The number of nitrogens with zero attached hydrogens (tertiary/aromatic N) is 1. The first kappa shape index (κ1) is 14.9. The van der Waals surface area contributed by atoms with Crippen molar-refractivity contribution in [2.75, 3.05) is 6.54 Å². The Balaban J connectivity index is 2.36. The molecular formula is C20H24N2. The maximum absolute atomic E-state index is 4.06. The van der Waals surface area contributed by atoms with Gasteiger partial charge in [0, 0.05) is 35.1 Å². The van der Waals surface area contributed by atoms with Crippen molar-refractivity contribution >= 4 is 10.9 Å². The van der Waals surface area contributed by atoms with Crippen molar-refractivity contribution in [3.8, 4) is 0 Å². The van der Waals surface area contributed by atoms with Crippen LogP contribution in [0.1, 0.15) is 30.1 Å². The van der Waals surface area contributed by atoms with Gasteiger partial charge in [-0.2, -0.15) is 0 Å². The van der Waals surface area contributed by atoms with Crippen LogP contribution in [0.15, 0.2) is 61.7 Å². The van der Waals surface area contributed by atoms with E-state index in [4.69, 9.17) is 0 Å². The van der Waals surface area contributed by atoms with Gasteiger partial charge < -0.3 is 9.88 Å². The van der Waals surface area contributed by atoms with Gasteiger partial charge in [0.2, 0.25) is 0 Å². The fraction of sp³-hybridized carbons (Fsp3) is 0.300. The molecule has 2 heteroatoms. The maximum Gasteiger partial charge on any atom is 0.0641 e. The van der Waals surface area contributed by atoms with Gasteiger partial charge in [0.15, 0.2) is 0 Å². The summed E-state index contributed by atoms with van der Waals surface area (Å²) in [4.78, 5) is 0. The summed E-state index contributed by atoms with van der Waals surface area (Å²) in [6.07, 6.45) is 8.49. The fourth-order valence-corrected chi connectivity index (χ4v) is 3.70. The molecule has 0 radical (unpaired) electrons. The predicted octanol–water partition coefficient (Wildman–Crippen LogP) is 4.49. The number of para-hydroxylation sites is 1. The standard InChI is InChI=1S/C20H24N2/c1-5-10-17-18(7-3)21-13-15(6-2)22-19-12-9-8-11-16(19)14(4)20(17)22/h5-12,15,17-18,21H,2-3,13H2,1,4H3/b10-5-. The molecule has 1 aromatic carbocycles. The zero-order chi connectivity index (χ0) is 15.7. The van der Waals surface area contributed by atoms with Gasteiger partial charge in [0.25, 0.3) is 0 Å². The summed E-state index contributed by atoms with van der Waals surface area (Å²) in [5.74, 6) is 0.292. The third-order valence-corrected chi connectivity index (χ3v) is 4.73. The molecule has 0 amide bonds. The third kappa shape index (κ3) is 2.15. The van der Waals surface area contributed by atoms with E-state index in [-0.39, 0.29) is 12.1 Å². The van der Waals surface area contributed by atoms with Crippen LogP contribution in [0.4, 0.5) is 0 Å². The van der Waals surface area contributed by atoms with Crippen molar-refractivity contribution in [1.82, 2.24) is 9.88 Å². The smallest absolute Gasteiger partial charge is 0.0641 e. The highest BCUT2D eigenvalue weighted by atomic mass is 15.1. The zero-order valence-corrected chi connectivity index (χ0v) is 13.4. The lowest BCUT2D eigenvalue weighted by atomic mass is 9.93. The number of nitrogens with one attached hydrogen (secondary N) is 1. The van der Waals surface area contributed by atoms with E-state index in [1.807, 2.05) is 12.2 Å². The van der Waals surface area contributed by atoms with Crippen molar-refractivity contribution < 1.29 is 0 Å². The van der Waals surface area contributed by atoms with Crippen molar-refractivity contribution in [2.24, 2.45) is 0 Å². The summed E-state index contributed by atoms with van der Waals surface area (Å²) in [5.41, 5.74) is 4.03. The van der Waals surface area contributed by atoms with Crippen molar-refractivity contribution in [3.05, 3.63) is 73.0 Å². The van der Waals surface area contributed by atoms with E-state index in [2.05, 4.69) is 73.3 Å². The van der Waals surface area contributed by atoms with E-state index < -0.39 is 0 Å². The van der Waals surface area contributed by atoms with Crippen LogP contribution in [0, 0.1) is 6.92 Å². The van der Waals surface area contributed by atoms with E-state index in [9.17, 15) is 0 Å². The fourth-order valence-electron chi connectivity index (χ4n) is 3.70. The van der Waals surface area contributed by atoms with Crippen LogP contribution >= 0.6 is 0 Å². The third-order valence-electron chi connectivity index (χ3n) is 4.73. The molecule has 3 unspecified atom stereocenters. The van der Waals surface area contributed by atoms with Crippen molar-refractivity contribution in [3.63, 3.8) is 0 Å². The molecule has 114 valence electrons. The maximum atomic E-state index is 4.06. The zero-order valence-electron chi connectivity index (χ0n) is 13.4. The Bertz CT molecular complexity index is 735. The summed E-state index contributed by atoms with van der Waals surface area (Å²) in [7, 11) is 0. The molecule has 3 rings (SSSR count). The monoisotopic (exact) mass is 292 g/mol. The van der Waals surface area contributed by atoms with E-state index in [0.29, 0.717) is 5.92 Å². The molecule has 0 saturated heterocycles. The Morgan fingerprint density at radius 3 is 2.68 bits per heavy atom. The van der Waals surface area contributed by atoms with Gasteiger partial charge in [-0.15, -0.1) is 13.2 Å². The molecule has 22 heavy (non-hydrogen) atoms. The molecule has 2 nitrogen and oxygen atoms in total. The molecule has 0 bridgehead atoms. The number of aryl methyl sites for hydroxylation is 1. The van der Waals surface area contributed by atoms with Crippen LogP contribution in [0.2, 0.25) is 0 Å². The Labute approximate surface area is 132 Å². The number of hydrogen-bond acceptors (Lipinski definition) is 1. The van der Waals surface area contributed by atoms with Crippen LogP contribution < -0.4 is 5.32 Å². The molecule has 0 aliphatic carbocycles. The van der Waals surface area contributed by atoms with Crippen LogP contribution in [-0.2, 0) is 0 Å². The van der Waals surface area contributed by atoms with E-state index in [1.165, 1.54) is 22.2 Å². The van der Waals surface area contributed by atoms with Gasteiger partial charge in [-0.1, -0.05) is 42.5 Å². The molecule has 0 fully saturated rings. The summed E-state index contributed by atoms with van der Waals surface area (Å²) >= 11 is 0. The Hall–Kier alpha value is -2.06. The van der Waals surface area contributed by atoms with Crippen LogP contribution in [-0.4, -0.2) is 17.2 Å². The van der Waals surface area contributed by atoms with Gasteiger partial charge in [0.05, 0.1) is 6.04 Å². The second kappa shape index (κ2) is 5.98. The molecule has 1 N–H and O–H groups in total. The number of benzene rings is 1. The first-order chi connectivity index (χ1) is 10.7. The normalized spacial score (nSPS) is 25.1. The number of aromatic nitrogens is 1. The van der Waals surface area contributed by atoms with Gasteiger partial charge in [-0.05, 0) is 25.5 Å². The van der Waals surface area contributed by atoms with E-state index >= 15 is 0 Å². The molecule has 2 heterocycles. The molecule has 0 saturated carbocycles. The lowest BCUT2D eigenvalue weighted by molar-refractivity contribution is 0.542. The number of hydrogen-bond donors (Lipinski definition) is 1. The van der Waals surface area contributed by atoms with Crippen LogP contribution in [0.25, 0.3) is 10.9 Å². The topological polar surface area (TPSA) is 17.0 Å². The van der Waals surface area contributed by atoms with E-state index in [0.717, 1.165) is 6.54 Å². The summed E-state index contributed by atoms with van der Waals surface area (Å²) < 4.78 is 2.46.